The first-order valence-corrected chi connectivity index (χ1v) is 9.14. The van der Waals surface area contributed by atoms with Crippen LogP contribution < -0.4 is 4.74 Å². The van der Waals surface area contributed by atoms with Gasteiger partial charge in [-0.05, 0) is 30.7 Å². The predicted molar refractivity (Wildman–Crippen MR) is 92.5 cm³/mol. The van der Waals surface area contributed by atoms with Gasteiger partial charge >= 0.3 is 0 Å². The zero-order chi connectivity index (χ0) is 17.0. The van der Waals surface area contributed by atoms with Gasteiger partial charge in [0, 0.05) is 18.0 Å². The van der Waals surface area contributed by atoms with Gasteiger partial charge in [0.05, 0.1) is 11.5 Å². The highest BCUT2D eigenvalue weighted by Crippen LogP contribution is 2.26. The normalized spacial score (nSPS) is 11.4. The van der Waals surface area contributed by atoms with Crippen LogP contribution in [0.1, 0.15) is 13.3 Å². The van der Waals surface area contributed by atoms with Gasteiger partial charge in [-0.25, -0.2) is 17.4 Å². The minimum Gasteiger partial charge on any atom is -0.494 e. The van der Waals surface area contributed by atoms with Crippen molar-refractivity contribution in [3.63, 3.8) is 0 Å². The lowest BCUT2D eigenvalue weighted by atomic mass is 10.2. The quantitative estimate of drug-likeness (QED) is 0.687. The number of hydrogen-bond donors (Lipinski definition) is 0. The summed E-state index contributed by atoms with van der Waals surface area (Å²) in [5, 5.41) is 0. The maximum absolute atomic E-state index is 12.8. The van der Waals surface area contributed by atoms with Crippen LogP contribution in [-0.4, -0.2) is 24.0 Å². The van der Waals surface area contributed by atoms with E-state index in [9.17, 15) is 8.42 Å². The van der Waals surface area contributed by atoms with Gasteiger partial charge in [0.2, 0.25) is 0 Å². The summed E-state index contributed by atoms with van der Waals surface area (Å²) >= 11 is 0. The molecule has 5 nitrogen and oxygen atoms in total. The molecule has 0 N–H and O–H groups in total. The van der Waals surface area contributed by atoms with E-state index in [1.165, 1.54) is 16.4 Å². The number of nitrogens with zero attached hydrogens (tertiary/aromatic N) is 2. The summed E-state index contributed by atoms with van der Waals surface area (Å²) in [4.78, 5) is 4.45. The molecule has 1 heterocycles. The van der Waals surface area contributed by atoms with Gasteiger partial charge in [0.15, 0.2) is 5.82 Å². The molecular weight excluding hydrogens is 324 g/mol. The number of rotatable bonds is 6. The van der Waals surface area contributed by atoms with Crippen LogP contribution in [0.15, 0.2) is 71.9 Å². The van der Waals surface area contributed by atoms with Crippen molar-refractivity contribution in [1.29, 1.82) is 0 Å². The first-order chi connectivity index (χ1) is 11.6. The second kappa shape index (κ2) is 6.88. The van der Waals surface area contributed by atoms with Crippen LogP contribution in [0.2, 0.25) is 0 Å². The van der Waals surface area contributed by atoms with Gasteiger partial charge in [-0.1, -0.05) is 37.3 Å². The van der Waals surface area contributed by atoms with Crippen LogP contribution in [-0.2, 0) is 10.0 Å². The third kappa shape index (κ3) is 3.19. The van der Waals surface area contributed by atoms with Crippen molar-refractivity contribution < 1.29 is 13.2 Å². The van der Waals surface area contributed by atoms with E-state index in [2.05, 4.69) is 4.98 Å². The van der Waals surface area contributed by atoms with Crippen LogP contribution in [0.4, 0.5) is 0 Å². The highest BCUT2D eigenvalue weighted by atomic mass is 32.2. The second-order valence-corrected chi connectivity index (χ2v) is 7.06. The summed E-state index contributed by atoms with van der Waals surface area (Å²) in [6, 6.07) is 15.6. The number of imidazole rings is 1. The van der Waals surface area contributed by atoms with Crippen molar-refractivity contribution in [1.82, 2.24) is 8.96 Å². The monoisotopic (exact) mass is 342 g/mol. The van der Waals surface area contributed by atoms with Crippen molar-refractivity contribution in [3.05, 3.63) is 67.0 Å². The maximum atomic E-state index is 12.8. The SMILES string of the molecule is CCCOc1cccc(-c2nccn2S(=O)(=O)c2ccccc2)c1. The summed E-state index contributed by atoms with van der Waals surface area (Å²) in [5.41, 5.74) is 0.688. The average molecular weight is 342 g/mol. The fraction of sp³-hybridized carbons (Fsp3) is 0.167. The van der Waals surface area contributed by atoms with Crippen molar-refractivity contribution in [3.8, 4) is 17.1 Å². The van der Waals surface area contributed by atoms with Crippen LogP contribution in [0.25, 0.3) is 11.4 Å². The first-order valence-electron chi connectivity index (χ1n) is 7.70. The maximum Gasteiger partial charge on any atom is 0.269 e. The van der Waals surface area contributed by atoms with Crippen LogP contribution >= 0.6 is 0 Å². The smallest absolute Gasteiger partial charge is 0.269 e. The predicted octanol–water partition coefficient (Wildman–Crippen LogP) is 3.58. The van der Waals surface area contributed by atoms with E-state index in [0.717, 1.165) is 6.42 Å². The third-order valence-electron chi connectivity index (χ3n) is 3.47. The molecule has 0 unspecified atom stereocenters. The highest BCUT2D eigenvalue weighted by molar-refractivity contribution is 7.90. The van der Waals surface area contributed by atoms with Gasteiger partial charge in [-0.3, -0.25) is 0 Å². The Morgan fingerprint density at radius 2 is 1.88 bits per heavy atom. The topological polar surface area (TPSA) is 61.2 Å². The average Bonchev–Trinajstić information content (AvgIpc) is 3.12. The van der Waals surface area contributed by atoms with Crippen LogP contribution in [0.3, 0.4) is 0 Å². The van der Waals surface area contributed by atoms with Crippen molar-refractivity contribution >= 4 is 10.0 Å². The lowest BCUT2D eigenvalue weighted by Crippen LogP contribution is -2.13. The minimum atomic E-state index is -3.69. The van der Waals surface area contributed by atoms with Gasteiger partial charge in [0.1, 0.15) is 5.75 Å². The van der Waals surface area contributed by atoms with Crippen LogP contribution in [0.5, 0.6) is 5.75 Å². The number of benzene rings is 2. The lowest BCUT2D eigenvalue weighted by molar-refractivity contribution is 0.317. The number of aromatic nitrogens is 2. The molecule has 124 valence electrons. The Kier molecular flexibility index (Phi) is 4.66. The molecule has 3 aromatic rings. The Hall–Kier alpha value is -2.60. The van der Waals surface area contributed by atoms with Crippen molar-refractivity contribution in [2.75, 3.05) is 6.61 Å². The van der Waals surface area contributed by atoms with E-state index >= 15 is 0 Å². The lowest BCUT2D eigenvalue weighted by Gasteiger charge is -2.10. The minimum absolute atomic E-state index is 0.225. The molecule has 0 amide bonds. The Morgan fingerprint density at radius 1 is 1.08 bits per heavy atom. The van der Waals surface area contributed by atoms with E-state index in [1.54, 1.807) is 36.4 Å². The summed E-state index contributed by atoms with van der Waals surface area (Å²) in [5.74, 6) is 1.06. The second-order valence-electron chi connectivity index (χ2n) is 5.24. The summed E-state index contributed by atoms with van der Waals surface area (Å²) in [6.07, 6.45) is 3.84. The molecule has 0 radical (unpaired) electrons. The molecule has 0 fully saturated rings. The number of ether oxygens (including phenoxy) is 1. The molecule has 0 atom stereocenters. The Balaban J connectivity index is 2.03. The number of hydrogen-bond acceptors (Lipinski definition) is 4. The zero-order valence-electron chi connectivity index (χ0n) is 13.3. The molecule has 2 aromatic carbocycles. The standard InChI is InChI=1S/C18H18N2O3S/c1-2-13-23-16-8-6-7-15(14-16)18-19-11-12-20(18)24(21,22)17-9-4-3-5-10-17/h3-12,14H,2,13H2,1H3. The fourth-order valence-electron chi connectivity index (χ4n) is 2.34. The molecule has 1 aromatic heterocycles. The Labute approximate surface area is 141 Å². The van der Waals surface area contributed by atoms with Gasteiger partial charge in [-0.2, -0.15) is 0 Å². The van der Waals surface area contributed by atoms with Gasteiger partial charge < -0.3 is 4.74 Å². The Bertz CT molecular complexity index is 918. The molecular formula is C18H18N2O3S. The zero-order valence-corrected chi connectivity index (χ0v) is 14.1. The first kappa shape index (κ1) is 16.3. The van der Waals surface area contributed by atoms with Gasteiger partial charge in [0.25, 0.3) is 10.0 Å². The highest BCUT2D eigenvalue weighted by Gasteiger charge is 2.20. The molecule has 0 spiro atoms. The fourth-order valence-corrected chi connectivity index (χ4v) is 3.66. The molecule has 6 heteroatoms. The van der Waals surface area contributed by atoms with Crippen molar-refractivity contribution in [2.45, 2.75) is 18.2 Å². The molecule has 0 saturated heterocycles. The summed E-state index contributed by atoms with van der Waals surface area (Å²) in [7, 11) is -3.69. The van der Waals surface area contributed by atoms with Gasteiger partial charge in [-0.15, -0.1) is 0 Å². The van der Waals surface area contributed by atoms with E-state index in [1.807, 2.05) is 25.1 Å². The van der Waals surface area contributed by atoms with E-state index < -0.39 is 10.0 Å². The van der Waals surface area contributed by atoms with Crippen LogP contribution in [0, 0.1) is 0 Å². The van der Waals surface area contributed by atoms with Crippen molar-refractivity contribution in [2.24, 2.45) is 0 Å². The molecule has 0 bridgehead atoms. The molecule has 0 aliphatic heterocycles. The molecule has 0 aliphatic rings. The third-order valence-corrected chi connectivity index (χ3v) is 5.15. The van der Waals surface area contributed by atoms with E-state index in [4.69, 9.17) is 4.74 Å². The molecule has 3 rings (SSSR count). The largest absolute Gasteiger partial charge is 0.494 e. The Morgan fingerprint density at radius 3 is 2.62 bits per heavy atom. The summed E-state index contributed by atoms with van der Waals surface area (Å²) < 4.78 is 32.5. The van der Waals surface area contributed by atoms with E-state index in [-0.39, 0.29) is 4.90 Å². The molecule has 0 aliphatic carbocycles. The molecule has 24 heavy (non-hydrogen) atoms. The molecule has 0 saturated carbocycles. The van der Waals surface area contributed by atoms with E-state index in [0.29, 0.717) is 23.7 Å². The summed E-state index contributed by atoms with van der Waals surface area (Å²) in [6.45, 7) is 2.64.